The number of hydrogen-bond acceptors (Lipinski definition) is 10. The highest BCUT2D eigenvalue weighted by molar-refractivity contribution is 6.04. The van der Waals surface area contributed by atoms with Gasteiger partial charge in [-0.05, 0) is 99.4 Å². The van der Waals surface area contributed by atoms with Gasteiger partial charge in [-0.2, -0.15) is 0 Å². The second-order valence-electron chi connectivity index (χ2n) is 14.6. The number of aliphatic hydroxyl groups excluding tert-OH is 1. The minimum absolute atomic E-state index is 0.0425. The van der Waals surface area contributed by atoms with E-state index in [0.717, 1.165) is 39.0 Å². The van der Waals surface area contributed by atoms with Crippen molar-refractivity contribution in [3.63, 3.8) is 0 Å². The van der Waals surface area contributed by atoms with E-state index in [0.29, 0.717) is 18.8 Å². The molecule has 3 saturated heterocycles. The van der Waals surface area contributed by atoms with Crippen LogP contribution in [0.2, 0.25) is 0 Å². The molecule has 10 heteroatoms. The largest absolute Gasteiger partial charge is 0.463 e. The number of esters is 1. The van der Waals surface area contributed by atoms with Crippen molar-refractivity contribution in [2.75, 3.05) is 61.0 Å². The number of hydrogen-bond donors (Lipinski definition) is 1. The van der Waals surface area contributed by atoms with Gasteiger partial charge in [-0.25, -0.2) is 0 Å². The minimum Gasteiger partial charge on any atom is -0.463 e. The van der Waals surface area contributed by atoms with Gasteiger partial charge in [0.1, 0.15) is 18.1 Å². The number of rotatable bonds is 6. The summed E-state index contributed by atoms with van der Waals surface area (Å²) in [6.45, 7) is 17.5. The summed E-state index contributed by atoms with van der Waals surface area (Å²) in [6, 6.07) is -0.122. The summed E-state index contributed by atoms with van der Waals surface area (Å²) in [5.41, 5.74) is -2.30. The lowest BCUT2D eigenvalue weighted by molar-refractivity contribution is -0.295. The lowest BCUT2D eigenvalue weighted by atomic mass is 9.74. The third kappa shape index (κ3) is 8.37. The van der Waals surface area contributed by atoms with E-state index in [1.165, 1.54) is 0 Å². The van der Waals surface area contributed by atoms with E-state index in [1.807, 2.05) is 32.8 Å². The molecule has 0 spiro atoms. The van der Waals surface area contributed by atoms with Crippen molar-refractivity contribution >= 4 is 11.8 Å². The molecular weight excluding hydrogens is 550 g/mol. The molecule has 250 valence electrons. The molecule has 1 N–H and O–H groups in total. The molecule has 0 radical (unpaired) electrons. The van der Waals surface area contributed by atoms with Gasteiger partial charge in [-0.3, -0.25) is 14.5 Å². The molecular formula is C33H61N3O7. The Kier molecular flexibility index (Phi) is 12.6. The minimum atomic E-state index is -1.40. The molecule has 3 heterocycles. The first-order valence-electron chi connectivity index (χ1n) is 16.4. The second-order valence-corrected chi connectivity index (χ2v) is 14.6. The molecule has 43 heavy (non-hydrogen) atoms. The Morgan fingerprint density at radius 1 is 1.12 bits per heavy atom. The fourth-order valence-corrected chi connectivity index (χ4v) is 7.75. The van der Waals surface area contributed by atoms with Crippen LogP contribution in [0.3, 0.4) is 0 Å². The molecule has 0 bridgehead atoms. The first-order valence-corrected chi connectivity index (χ1v) is 16.4. The number of Topliss-reactive ketones (excluding diaryl/α,β-unsaturated/α-hetero) is 1. The molecule has 3 fully saturated rings. The SMILES string of the molecule is CCN1CCC[C@@H]([C@@H]2COC(=O)C(C)(C)C(=O)[C@H](C)[C@@H](O[C@@H]3O[C@H](C)C[C@H](N(C)C)[C@H]3O)[C@](C)(OC)C[C@@H](C)CN2C)C1. The Balaban J connectivity index is 1.99. The summed E-state index contributed by atoms with van der Waals surface area (Å²) in [5, 5.41) is 11.3. The van der Waals surface area contributed by atoms with Gasteiger partial charge in [-0.1, -0.05) is 20.8 Å². The third-order valence-corrected chi connectivity index (χ3v) is 10.5. The van der Waals surface area contributed by atoms with E-state index < -0.39 is 41.4 Å². The molecule has 10 nitrogen and oxygen atoms in total. The molecule has 0 unspecified atom stereocenters. The van der Waals surface area contributed by atoms with E-state index in [4.69, 9.17) is 18.9 Å². The second kappa shape index (κ2) is 15.0. The van der Waals surface area contributed by atoms with Crippen LogP contribution in [0.1, 0.15) is 74.1 Å². The van der Waals surface area contributed by atoms with Gasteiger partial charge >= 0.3 is 5.97 Å². The summed E-state index contributed by atoms with van der Waals surface area (Å²) in [7, 11) is 7.63. The van der Waals surface area contributed by atoms with Gasteiger partial charge in [0.25, 0.3) is 0 Å². The molecule has 0 aromatic carbocycles. The lowest BCUT2D eigenvalue weighted by Gasteiger charge is -2.47. The Morgan fingerprint density at radius 3 is 2.40 bits per heavy atom. The van der Waals surface area contributed by atoms with Crippen LogP contribution < -0.4 is 0 Å². The predicted octanol–water partition coefficient (Wildman–Crippen LogP) is 3.05. The number of piperidine rings is 1. The van der Waals surface area contributed by atoms with Gasteiger partial charge in [0.15, 0.2) is 12.1 Å². The maximum absolute atomic E-state index is 14.2. The van der Waals surface area contributed by atoms with Crippen molar-refractivity contribution in [2.45, 2.75) is 116 Å². The normalized spacial score (nSPS) is 41.3. The average molecular weight is 612 g/mol. The van der Waals surface area contributed by atoms with Crippen molar-refractivity contribution < 1.29 is 33.6 Å². The first kappa shape index (κ1) is 36.3. The van der Waals surface area contributed by atoms with Crippen LogP contribution in [-0.4, -0.2) is 135 Å². The number of cyclic esters (lactones) is 1. The van der Waals surface area contributed by atoms with Crippen LogP contribution in [0.4, 0.5) is 0 Å². The highest BCUT2D eigenvalue weighted by Gasteiger charge is 2.51. The summed E-state index contributed by atoms with van der Waals surface area (Å²) in [4.78, 5) is 34.6. The smallest absolute Gasteiger partial charge is 0.319 e. The van der Waals surface area contributed by atoms with Crippen molar-refractivity contribution in [1.29, 1.82) is 0 Å². The van der Waals surface area contributed by atoms with Crippen molar-refractivity contribution in [3.8, 4) is 0 Å². The van der Waals surface area contributed by atoms with Gasteiger partial charge in [0.05, 0.1) is 17.8 Å². The highest BCUT2D eigenvalue weighted by Crippen LogP contribution is 2.38. The zero-order valence-corrected chi connectivity index (χ0v) is 28.8. The molecule has 3 rings (SSSR count). The Bertz CT molecular complexity index is 932. The number of methoxy groups -OCH3 is 1. The van der Waals surface area contributed by atoms with E-state index in [1.54, 1.807) is 27.9 Å². The Labute approximate surface area is 260 Å². The molecule has 3 aliphatic rings. The van der Waals surface area contributed by atoms with Crippen LogP contribution in [0.25, 0.3) is 0 Å². The van der Waals surface area contributed by atoms with Crippen molar-refractivity contribution in [2.24, 2.45) is 23.2 Å². The van der Waals surface area contributed by atoms with Crippen molar-refractivity contribution in [1.82, 2.24) is 14.7 Å². The lowest BCUT2D eigenvalue weighted by Crippen LogP contribution is -2.59. The fraction of sp³-hybridized carbons (Fsp3) is 0.939. The van der Waals surface area contributed by atoms with E-state index in [-0.39, 0.29) is 36.5 Å². The van der Waals surface area contributed by atoms with Crippen molar-refractivity contribution in [3.05, 3.63) is 0 Å². The summed E-state index contributed by atoms with van der Waals surface area (Å²) >= 11 is 0. The van der Waals surface area contributed by atoms with Crippen LogP contribution in [-0.2, 0) is 28.5 Å². The summed E-state index contributed by atoms with van der Waals surface area (Å²) in [6.07, 6.45) is 0.677. The maximum atomic E-state index is 14.2. The van der Waals surface area contributed by atoms with Crippen LogP contribution in [0, 0.1) is 23.2 Å². The Hall–Kier alpha value is -1.14. The molecule has 0 aromatic heterocycles. The first-order chi connectivity index (χ1) is 20.0. The van der Waals surface area contributed by atoms with E-state index in [2.05, 4.69) is 30.7 Å². The Morgan fingerprint density at radius 2 is 1.79 bits per heavy atom. The average Bonchev–Trinajstić information content (AvgIpc) is 2.95. The highest BCUT2D eigenvalue weighted by atomic mass is 16.7. The van der Waals surface area contributed by atoms with Gasteiger partial charge in [0, 0.05) is 38.2 Å². The topological polar surface area (TPSA) is 101 Å². The number of ketones is 1. The number of carbonyl (C=O) groups is 2. The summed E-state index contributed by atoms with van der Waals surface area (Å²) in [5.74, 6) is -1.00. The number of likely N-dealkylation sites (tertiary alicyclic amines) is 1. The number of carbonyl (C=O) groups excluding carboxylic acids is 2. The monoisotopic (exact) mass is 611 g/mol. The molecule has 0 amide bonds. The zero-order valence-electron chi connectivity index (χ0n) is 28.8. The van der Waals surface area contributed by atoms with E-state index >= 15 is 0 Å². The molecule has 0 aromatic rings. The van der Waals surface area contributed by atoms with Crippen LogP contribution in [0.5, 0.6) is 0 Å². The van der Waals surface area contributed by atoms with Gasteiger partial charge in [0.2, 0.25) is 0 Å². The fourth-order valence-electron chi connectivity index (χ4n) is 7.75. The zero-order chi connectivity index (χ0) is 32.3. The molecule has 0 aliphatic carbocycles. The van der Waals surface area contributed by atoms with Gasteiger partial charge in [-0.15, -0.1) is 0 Å². The summed E-state index contributed by atoms with van der Waals surface area (Å²) < 4.78 is 25.0. The molecule has 10 atom stereocenters. The number of likely N-dealkylation sites (N-methyl/N-ethyl adjacent to an activating group) is 2. The maximum Gasteiger partial charge on any atom is 0.319 e. The number of nitrogens with zero attached hydrogens (tertiary/aromatic N) is 3. The predicted molar refractivity (Wildman–Crippen MR) is 167 cm³/mol. The number of ether oxygens (including phenoxy) is 4. The molecule has 0 saturated carbocycles. The van der Waals surface area contributed by atoms with E-state index in [9.17, 15) is 14.7 Å². The van der Waals surface area contributed by atoms with Gasteiger partial charge < -0.3 is 33.9 Å². The standard InChI is InChI=1S/C33H61N3O7/c1-12-36-15-13-14-24(19-36)26-20-41-31(39)32(5,6)28(38)23(4)29(33(7,40-11)17-21(2)18-35(26)10)43-30-27(37)25(34(8)9)16-22(3)42-30/h21-27,29-30,37H,12-20H2,1-11H3/t21-,22-,23+,24-,25+,26+,27-,29-,30+,33-/m1/s1. The quantitative estimate of drug-likeness (QED) is 0.356. The molecule has 3 aliphatic heterocycles. The van der Waals surface area contributed by atoms with Crippen LogP contribution in [0.15, 0.2) is 0 Å². The van der Waals surface area contributed by atoms with Crippen LogP contribution >= 0.6 is 0 Å². The third-order valence-electron chi connectivity index (χ3n) is 10.5. The number of aliphatic hydroxyl groups is 1.